The van der Waals surface area contributed by atoms with Gasteiger partial charge in [-0.1, -0.05) is 26.0 Å². The van der Waals surface area contributed by atoms with Crippen molar-refractivity contribution in [3.8, 4) is 11.5 Å². The van der Waals surface area contributed by atoms with E-state index in [2.05, 4.69) is 10.3 Å². The highest BCUT2D eigenvalue weighted by molar-refractivity contribution is 5.92. The third-order valence-corrected chi connectivity index (χ3v) is 3.77. The summed E-state index contributed by atoms with van der Waals surface area (Å²) in [5.74, 6) is 0.755. The topological polar surface area (TPSA) is 80.4 Å². The summed E-state index contributed by atoms with van der Waals surface area (Å²) < 4.78 is 10.1. The van der Waals surface area contributed by atoms with Gasteiger partial charge in [0.1, 0.15) is 11.4 Å². The normalized spacial score (nSPS) is 11.9. The maximum atomic E-state index is 12.5. The highest BCUT2D eigenvalue weighted by Gasteiger charge is 2.20. The first-order valence-electron chi connectivity index (χ1n) is 7.67. The third kappa shape index (κ3) is 3.95. The van der Waals surface area contributed by atoms with Crippen molar-refractivity contribution in [3.63, 3.8) is 0 Å². The minimum atomic E-state index is -0.343. The van der Waals surface area contributed by atoms with E-state index in [1.807, 2.05) is 38.1 Å². The molecule has 1 aromatic carbocycles. The van der Waals surface area contributed by atoms with Crippen molar-refractivity contribution in [1.82, 2.24) is 10.3 Å². The summed E-state index contributed by atoms with van der Waals surface area (Å²) in [6.07, 6.45) is 1.38. The lowest BCUT2D eigenvalue weighted by molar-refractivity contribution is 0.0920. The molecule has 24 heavy (non-hydrogen) atoms. The van der Waals surface area contributed by atoms with Crippen molar-refractivity contribution < 1.29 is 14.3 Å². The average Bonchev–Trinajstić information content (AvgIpc) is 2.59. The van der Waals surface area contributed by atoms with Gasteiger partial charge in [-0.3, -0.25) is 9.59 Å². The number of H-pyrrole nitrogens is 1. The zero-order valence-electron chi connectivity index (χ0n) is 14.3. The van der Waals surface area contributed by atoms with E-state index < -0.39 is 0 Å². The molecule has 1 unspecified atom stereocenters. The molecule has 0 fully saturated rings. The lowest BCUT2D eigenvalue weighted by Crippen LogP contribution is -2.32. The fraction of sp³-hybridized carbons (Fsp3) is 0.333. The van der Waals surface area contributed by atoms with Crippen LogP contribution in [0.15, 0.2) is 41.3 Å². The second-order valence-electron chi connectivity index (χ2n) is 5.75. The number of hydrogen-bond acceptors (Lipinski definition) is 4. The standard InChI is InChI=1S/C18H22N2O4/c1-11(2)17(12-5-7-13(23-3)8-6-12)20-18(22)14-9-15(21)16(24-4)10-19-14/h5-11,17H,1-4H3,(H,19,21)(H,20,22). The number of pyridine rings is 1. The number of nitrogens with one attached hydrogen (secondary N) is 2. The summed E-state index contributed by atoms with van der Waals surface area (Å²) in [7, 11) is 3.01. The van der Waals surface area contributed by atoms with Crippen LogP contribution in [0.1, 0.15) is 35.9 Å². The quantitative estimate of drug-likeness (QED) is 0.853. The highest BCUT2D eigenvalue weighted by Crippen LogP contribution is 2.24. The average molecular weight is 330 g/mol. The summed E-state index contributed by atoms with van der Waals surface area (Å²) in [4.78, 5) is 27.0. The van der Waals surface area contributed by atoms with Crippen LogP contribution in [0, 0.1) is 5.92 Å². The van der Waals surface area contributed by atoms with Crippen LogP contribution in [0.4, 0.5) is 0 Å². The Bertz CT molecular complexity index is 750. The molecule has 0 bridgehead atoms. The number of aromatic nitrogens is 1. The van der Waals surface area contributed by atoms with Gasteiger partial charge in [-0.05, 0) is 23.6 Å². The zero-order valence-corrected chi connectivity index (χ0v) is 14.3. The van der Waals surface area contributed by atoms with Crippen LogP contribution in [0.2, 0.25) is 0 Å². The van der Waals surface area contributed by atoms with Crippen molar-refractivity contribution in [1.29, 1.82) is 0 Å². The molecule has 1 aromatic heterocycles. The predicted molar refractivity (Wildman–Crippen MR) is 91.7 cm³/mol. The van der Waals surface area contributed by atoms with E-state index in [1.165, 1.54) is 19.4 Å². The van der Waals surface area contributed by atoms with E-state index in [9.17, 15) is 9.59 Å². The van der Waals surface area contributed by atoms with Gasteiger partial charge < -0.3 is 19.8 Å². The molecule has 1 heterocycles. The lowest BCUT2D eigenvalue weighted by Gasteiger charge is -2.23. The van der Waals surface area contributed by atoms with Crippen molar-refractivity contribution in [2.45, 2.75) is 19.9 Å². The Morgan fingerprint density at radius 1 is 1.12 bits per heavy atom. The van der Waals surface area contributed by atoms with Crippen LogP contribution in [0.3, 0.4) is 0 Å². The van der Waals surface area contributed by atoms with Crippen LogP contribution in [0.25, 0.3) is 0 Å². The van der Waals surface area contributed by atoms with Crippen LogP contribution >= 0.6 is 0 Å². The molecule has 1 atom stereocenters. The molecule has 0 radical (unpaired) electrons. The van der Waals surface area contributed by atoms with Gasteiger partial charge in [0, 0.05) is 12.3 Å². The Morgan fingerprint density at radius 2 is 1.79 bits per heavy atom. The fourth-order valence-electron chi connectivity index (χ4n) is 2.41. The van der Waals surface area contributed by atoms with Crippen LogP contribution in [0.5, 0.6) is 11.5 Å². The highest BCUT2D eigenvalue weighted by atomic mass is 16.5. The smallest absolute Gasteiger partial charge is 0.268 e. The first-order chi connectivity index (χ1) is 11.5. The molecule has 2 N–H and O–H groups in total. The van der Waals surface area contributed by atoms with E-state index in [-0.39, 0.29) is 34.7 Å². The molecular formula is C18H22N2O4. The molecule has 6 nitrogen and oxygen atoms in total. The van der Waals surface area contributed by atoms with Crippen molar-refractivity contribution in [2.24, 2.45) is 5.92 Å². The first-order valence-corrected chi connectivity index (χ1v) is 7.67. The molecule has 0 saturated carbocycles. The van der Waals surface area contributed by atoms with Crippen LogP contribution in [-0.2, 0) is 0 Å². The lowest BCUT2D eigenvalue weighted by atomic mass is 9.95. The van der Waals surface area contributed by atoms with E-state index in [0.29, 0.717) is 0 Å². The number of aromatic amines is 1. The number of rotatable bonds is 6. The summed E-state index contributed by atoms with van der Waals surface area (Å²) >= 11 is 0. The first kappa shape index (κ1) is 17.6. The number of amides is 1. The van der Waals surface area contributed by atoms with E-state index in [1.54, 1.807) is 7.11 Å². The third-order valence-electron chi connectivity index (χ3n) is 3.77. The Balaban J connectivity index is 2.22. The maximum absolute atomic E-state index is 12.5. The minimum absolute atomic E-state index is 0.169. The summed E-state index contributed by atoms with van der Waals surface area (Å²) in [5, 5.41) is 2.96. The molecule has 128 valence electrons. The minimum Gasteiger partial charge on any atom is -0.497 e. The molecule has 0 aliphatic rings. The molecule has 0 aliphatic heterocycles. The molecule has 2 rings (SSSR count). The summed E-state index contributed by atoms with van der Waals surface area (Å²) in [6.45, 7) is 4.04. The Hall–Kier alpha value is -2.76. The van der Waals surface area contributed by atoms with Gasteiger partial charge in [0.05, 0.1) is 20.3 Å². The maximum Gasteiger partial charge on any atom is 0.268 e. The monoisotopic (exact) mass is 330 g/mol. The zero-order chi connectivity index (χ0) is 17.7. The van der Waals surface area contributed by atoms with Crippen molar-refractivity contribution >= 4 is 5.91 Å². The number of carbonyl (C=O) groups excluding carboxylic acids is 1. The molecule has 2 aromatic rings. The van der Waals surface area contributed by atoms with Gasteiger partial charge in [-0.15, -0.1) is 0 Å². The van der Waals surface area contributed by atoms with E-state index in [0.717, 1.165) is 11.3 Å². The molecule has 0 saturated heterocycles. The largest absolute Gasteiger partial charge is 0.497 e. The van der Waals surface area contributed by atoms with Crippen LogP contribution in [-0.4, -0.2) is 25.1 Å². The molecule has 6 heteroatoms. The molecule has 0 spiro atoms. The second-order valence-corrected chi connectivity index (χ2v) is 5.75. The van der Waals surface area contributed by atoms with Gasteiger partial charge in [0.25, 0.3) is 5.91 Å². The predicted octanol–water partition coefficient (Wildman–Crippen LogP) is 2.52. The van der Waals surface area contributed by atoms with Gasteiger partial charge in [0.2, 0.25) is 5.43 Å². The fourth-order valence-corrected chi connectivity index (χ4v) is 2.41. The SMILES string of the molecule is COc1ccc(C(NC(=O)c2cc(=O)c(OC)c[nH]2)C(C)C)cc1. The molecule has 1 amide bonds. The molecular weight excluding hydrogens is 308 g/mol. The Kier molecular flexibility index (Phi) is 5.63. The van der Waals surface area contributed by atoms with Crippen molar-refractivity contribution in [3.05, 3.63) is 58.0 Å². The molecule has 0 aliphatic carbocycles. The number of carbonyl (C=O) groups is 1. The van der Waals surface area contributed by atoms with Gasteiger partial charge >= 0.3 is 0 Å². The number of ether oxygens (including phenoxy) is 2. The second kappa shape index (κ2) is 7.68. The number of methoxy groups -OCH3 is 2. The Morgan fingerprint density at radius 3 is 2.29 bits per heavy atom. The van der Waals surface area contributed by atoms with Crippen molar-refractivity contribution in [2.75, 3.05) is 14.2 Å². The van der Waals surface area contributed by atoms with Crippen LogP contribution < -0.4 is 20.2 Å². The number of hydrogen-bond donors (Lipinski definition) is 2. The van der Waals surface area contributed by atoms with Gasteiger partial charge in [-0.2, -0.15) is 0 Å². The van der Waals surface area contributed by atoms with E-state index >= 15 is 0 Å². The summed E-state index contributed by atoms with van der Waals surface area (Å²) in [5.41, 5.74) is 0.821. The number of benzene rings is 1. The van der Waals surface area contributed by atoms with Gasteiger partial charge in [0.15, 0.2) is 5.75 Å². The van der Waals surface area contributed by atoms with Gasteiger partial charge in [-0.25, -0.2) is 0 Å². The summed E-state index contributed by atoms with van der Waals surface area (Å²) in [6, 6.07) is 8.59. The van der Waals surface area contributed by atoms with E-state index in [4.69, 9.17) is 9.47 Å². The Labute approximate surface area is 140 Å².